The maximum atomic E-state index is 13.5. The summed E-state index contributed by atoms with van der Waals surface area (Å²) in [6.07, 6.45) is 0.0287. The predicted molar refractivity (Wildman–Crippen MR) is 138 cm³/mol. The van der Waals surface area contributed by atoms with E-state index in [4.69, 9.17) is 23.2 Å². The quantitative estimate of drug-likeness (QED) is 0.526. The molecule has 0 aromatic heterocycles. The average Bonchev–Trinajstić information content (AvgIpc) is 2.98. The topological polar surface area (TPSA) is 104 Å². The number of hydrogen-bond donors (Lipinski definition) is 1. The fourth-order valence-electron chi connectivity index (χ4n) is 4.00. The van der Waals surface area contributed by atoms with Crippen molar-refractivity contribution in [3.8, 4) is 0 Å². The standard InChI is InChI=1S/C25H29Cl2N3O5S/c1-5-20(23(32)28-25(2,3)4)29(15-16-10-11-18(26)19(27)14-16)22(31)12-13-30-24(33)17-8-6-7-9-21(17)36(30,34)35/h6-11,14,20H,5,12-13,15H2,1-4H3,(H,28,32)/t20-/m1/s1. The molecule has 1 heterocycles. The molecule has 8 nitrogen and oxygen atoms in total. The summed E-state index contributed by atoms with van der Waals surface area (Å²) in [5, 5.41) is 3.56. The molecule has 0 fully saturated rings. The second kappa shape index (κ2) is 10.8. The number of carbonyl (C=O) groups excluding carboxylic acids is 3. The first kappa shape index (κ1) is 28.0. The van der Waals surface area contributed by atoms with Gasteiger partial charge in [-0.1, -0.05) is 48.3 Å². The number of nitrogens with one attached hydrogen (secondary N) is 1. The van der Waals surface area contributed by atoms with Crippen LogP contribution in [0.15, 0.2) is 47.4 Å². The number of hydrogen-bond acceptors (Lipinski definition) is 5. The lowest BCUT2D eigenvalue weighted by Crippen LogP contribution is -2.53. The molecule has 2 aromatic carbocycles. The summed E-state index contributed by atoms with van der Waals surface area (Å²) in [5.74, 6) is -1.49. The highest BCUT2D eigenvalue weighted by molar-refractivity contribution is 7.90. The van der Waals surface area contributed by atoms with Gasteiger partial charge in [-0.25, -0.2) is 12.7 Å². The molecule has 1 atom stereocenters. The van der Waals surface area contributed by atoms with Gasteiger partial charge in [-0.05, 0) is 57.0 Å². The Hall–Kier alpha value is -2.62. The number of fused-ring (bicyclic) bond motifs is 1. The van der Waals surface area contributed by atoms with E-state index in [0.29, 0.717) is 26.3 Å². The first-order valence-electron chi connectivity index (χ1n) is 11.5. The highest BCUT2D eigenvalue weighted by Gasteiger charge is 2.41. The monoisotopic (exact) mass is 553 g/mol. The molecule has 36 heavy (non-hydrogen) atoms. The van der Waals surface area contributed by atoms with Gasteiger partial charge >= 0.3 is 0 Å². The Balaban J connectivity index is 1.86. The minimum absolute atomic E-state index is 0.0483. The molecule has 0 saturated carbocycles. The first-order valence-corrected chi connectivity index (χ1v) is 13.7. The number of sulfonamides is 1. The Morgan fingerprint density at radius 3 is 2.33 bits per heavy atom. The number of halogens is 2. The van der Waals surface area contributed by atoms with Crippen molar-refractivity contribution in [1.29, 1.82) is 0 Å². The maximum absolute atomic E-state index is 13.5. The molecule has 0 aliphatic carbocycles. The first-order chi connectivity index (χ1) is 16.8. The van der Waals surface area contributed by atoms with Crippen LogP contribution in [-0.4, -0.2) is 53.5 Å². The van der Waals surface area contributed by atoms with Crippen molar-refractivity contribution in [2.45, 2.75) is 63.6 Å². The normalized spacial score (nSPS) is 15.4. The van der Waals surface area contributed by atoms with Crippen LogP contribution in [-0.2, 0) is 26.2 Å². The summed E-state index contributed by atoms with van der Waals surface area (Å²) < 4.78 is 26.5. The molecule has 0 radical (unpaired) electrons. The molecular weight excluding hydrogens is 525 g/mol. The van der Waals surface area contributed by atoms with Crippen LogP contribution in [0.4, 0.5) is 0 Å². The van der Waals surface area contributed by atoms with E-state index in [1.807, 2.05) is 20.8 Å². The van der Waals surface area contributed by atoms with E-state index in [9.17, 15) is 22.8 Å². The van der Waals surface area contributed by atoms with Crippen LogP contribution in [0.1, 0.15) is 56.5 Å². The molecule has 2 aromatic rings. The molecule has 0 spiro atoms. The number of amides is 3. The minimum atomic E-state index is -4.05. The molecule has 1 aliphatic rings. The summed E-state index contributed by atoms with van der Waals surface area (Å²) in [7, 11) is -4.05. The van der Waals surface area contributed by atoms with Crippen molar-refractivity contribution < 1.29 is 22.8 Å². The zero-order valence-corrected chi connectivity index (χ0v) is 22.9. The van der Waals surface area contributed by atoms with E-state index in [-0.39, 0.29) is 35.9 Å². The number of rotatable bonds is 8. The van der Waals surface area contributed by atoms with Gasteiger partial charge in [0.15, 0.2) is 0 Å². The van der Waals surface area contributed by atoms with Crippen LogP contribution in [0.2, 0.25) is 10.0 Å². The fourth-order valence-corrected chi connectivity index (χ4v) is 5.89. The minimum Gasteiger partial charge on any atom is -0.350 e. The lowest BCUT2D eigenvalue weighted by molar-refractivity contribution is -0.142. The SMILES string of the molecule is CC[C@H](C(=O)NC(C)(C)C)N(Cc1ccc(Cl)c(Cl)c1)C(=O)CCN1C(=O)c2ccccc2S1(=O)=O. The summed E-state index contributed by atoms with van der Waals surface area (Å²) >= 11 is 12.2. The van der Waals surface area contributed by atoms with Crippen LogP contribution in [0.25, 0.3) is 0 Å². The second-order valence-electron chi connectivity index (χ2n) is 9.56. The van der Waals surface area contributed by atoms with Crippen LogP contribution in [0.5, 0.6) is 0 Å². The smallest absolute Gasteiger partial charge is 0.269 e. The van der Waals surface area contributed by atoms with Gasteiger partial charge in [0.2, 0.25) is 11.8 Å². The van der Waals surface area contributed by atoms with E-state index < -0.39 is 33.4 Å². The highest BCUT2D eigenvalue weighted by Crippen LogP contribution is 2.30. The lowest BCUT2D eigenvalue weighted by atomic mass is 10.1. The van der Waals surface area contributed by atoms with Gasteiger partial charge in [0.25, 0.3) is 15.9 Å². The average molecular weight is 554 g/mol. The van der Waals surface area contributed by atoms with Crippen LogP contribution < -0.4 is 5.32 Å². The third kappa shape index (κ3) is 6.02. The van der Waals surface area contributed by atoms with Crippen molar-refractivity contribution in [2.24, 2.45) is 0 Å². The Kier molecular flexibility index (Phi) is 8.37. The molecule has 0 unspecified atom stereocenters. The second-order valence-corrected chi connectivity index (χ2v) is 12.2. The van der Waals surface area contributed by atoms with E-state index >= 15 is 0 Å². The van der Waals surface area contributed by atoms with E-state index in [1.54, 1.807) is 31.2 Å². The third-order valence-corrected chi connectivity index (χ3v) is 8.24. The number of nitrogens with zero attached hydrogens (tertiary/aromatic N) is 2. The number of benzene rings is 2. The van der Waals surface area contributed by atoms with Gasteiger partial charge in [-0.15, -0.1) is 0 Å². The Morgan fingerprint density at radius 1 is 1.08 bits per heavy atom. The van der Waals surface area contributed by atoms with Gasteiger partial charge in [0.05, 0.1) is 15.6 Å². The fraction of sp³-hybridized carbons (Fsp3) is 0.400. The van der Waals surface area contributed by atoms with Crippen molar-refractivity contribution in [2.75, 3.05) is 6.54 Å². The Bertz CT molecular complexity index is 1290. The zero-order chi connectivity index (χ0) is 26.8. The van der Waals surface area contributed by atoms with Crippen LogP contribution >= 0.6 is 23.2 Å². The molecule has 3 rings (SSSR count). The van der Waals surface area contributed by atoms with Gasteiger partial charge in [0, 0.05) is 25.0 Å². The molecule has 11 heteroatoms. The Morgan fingerprint density at radius 2 is 1.75 bits per heavy atom. The van der Waals surface area contributed by atoms with Crippen LogP contribution in [0, 0.1) is 0 Å². The van der Waals surface area contributed by atoms with Crippen molar-refractivity contribution in [1.82, 2.24) is 14.5 Å². The van der Waals surface area contributed by atoms with E-state index in [1.165, 1.54) is 23.1 Å². The van der Waals surface area contributed by atoms with Crippen molar-refractivity contribution in [3.63, 3.8) is 0 Å². The lowest BCUT2D eigenvalue weighted by Gasteiger charge is -2.33. The van der Waals surface area contributed by atoms with Gasteiger partial charge in [0.1, 0.15) is 10.9 Å². The summed E-state index contributed by atoms with van der Waals surface area (Å²) in [4.78, 5) is 40.6. The summed E-state index contributed by atoms with van der Waals surface area (Å²) in [6, 6.07) is 10.0. The molecule has 0 saturated heterocycles. The molecule has 1 aliphatic heterocycles. The Labute approximate surface area is 221 Å². The molecule has 194 valence electrons. The van der Waals surface area contributed by atoms with E-state index in [0.717, 1.165) is 0 Å². The highest BCUT2D eigenvalue weighted by atomic mass is 35.5. The largest absolute Gasteiger partial charge is 0.350 e. The predicted octanol–water partition coefficient (Wildman–Crippen LogP) is 4.25. The van der Waals surface area contributed by atoms with Gasteiger partial charge in [-0.3, -0.25) is 14.4 Å². The van der Waals surface area contributed by atoms with Crippen LogP contribution in [0.3, 0.4) is 0 Å². The van der Waals surface area contributed by atoms with Gasteiger partial charge < -0.3 is 10.2 Å². The number of carbonyl (C=O) groups is 3. The van der Waals surface area contributed by atoms with Gasteiger partial charge in [-0.2, -0.15) is 0 Å². The van der Waals surface area contributed by atoms with E-state index in [2.05, 4.69) is 5.32 Å². The van der Waals surface area contributed by atoms with Crippen molar-refractivity contribution >= 4 is 50.9 Å². The molecule has 1 N–H and O–H groups in total. The maximum Gasteiger partial charge on any atom is 0.269 e. The molecular formula is C25H29Cl2N3O5S. The summed E-state index contributed by atoms with van der Waals surface area (Å²) in [5.41, 5.74) is 0.204. The molecule has 3 amide bonds. The third-order valence-electron chi connectivity index (χ3n) is 5.66. The van der Waals surface area contributed by atoms with Crippen molar-refractivity contribution in [3.05, 3.63) is 63.6 Å². The molecule has 0 bridgehead atoms. The zero-order valence-electron chi connectivity index (χ0n) is 20.5. The summed E-state index contributed by atoms with van der Waals surface area (Å²) in [6.45, 7) is 7.00.